The molecule has 0 aromatic rings. The first-order valence-corrected chi connectivity index (χ1v) is 10.4. The molecule has 2 nitrogen and oxygen atoms in total. The average Bonchev–Trinajstić information content (AvgIpc) is 2.77. The van der Waals surface area contributed by atoms with Gasteiger partial charge in [-0.25, -0.2) is 0 Å². The summed E-state index contributed by atoms with van der Waals surface area (Å²) in [6.07, 6.45) is 9.70. The maximum absolute atomic E-state index is 12.7. The van der Waals surface area contributed by atoms with Gasteiger partial charge < -0.3 is 0 Å². The fourth-order valence-corrected chi connectivity index (χ4v) is 7.89. The van der Waals surface area contributed by atoms with E-state index in [-0.39, 0.29) is 16.2 Å². The van der Waals surface area contributed by atoms with Gasteiger partial charge in [0.05, 0.1) is 0 Å². The predicted octanol–water partition coefficient (Wildman–Crippen LogP) is 5.36. The molecule has 0 N–H and O–H groups in total. The van der Waals surface area contributed by atoms with Gasteiger partial charge in [-0.2, -0.15) is 0 Å². The van der Waals surface area contributed by atoms with Crippen molar-refractivity contribution in [3.8, 4) is 0 Å². The van der Waals surface area contributed by atoms with Gasteiger partial charge in [0.25, 0.3) is 0 Å². The fourth-order valence-electron chi connectivity index (χ4n) is 7.89. The van der Waals surface area contributed by atoms with Crippen LogP contribution in [0.5, 0.6) is 0 Å². The van der Waals surface area contributed by atoms with Gasteiger partial charge >= 0.3 is 0 Å². The number of hydrogen-bond acceptors (Lipinski definition) is 2. The Balaban J connectivity index is 1.72. The molecule has 0 saturated heterocycles. The van der Waals surface area contributed by atoms with Crippen LogP contribution in [0.3, 0.4) is 0 Å². The number of carbonyl (C=O) groups is 2. The van der Waals surface area contributed by atoms with E-state index in [0.717, 1.165) is 25.2 Å². The van der Waals surface area contributed by atoms with Gasteiger partial charge in [0.15, 0.2) is 5.78 Å². The van der Waals surface area contributed by atoms with Gasteiger partial charge in [0.2, 0.25) is 0 Å². The first kappa shape index (κ1) is 17.5. The third-order valence-electron chi connectivity index (χ3n) is 9.86. The van der Waals surface area contributed by atoms with Crippen LogP contribution in [0.25, 0.3) is 0 Å². The van der Waals surface area contributed by atoms with Crippen LogP contribution in [0.1, 0.15) is 79.6 Å². The number of hydrogen-bond donors (Lipinski definition) is 0. The fraction of sp³-hybridized carbons (Fsp3) is 0.826. The lowest BCUT2D eigenvalue weighted by molar-refractivity contribution is -0.141. The highest BCUT2D eigenvalue weighted by Gasteiger charge is 2.66. The molecule has 3 fully saturated rings. The Morgan fingerprint density at radius 3 is 2.48 bits per heavy atom. The van der Waals surface area contributed by atoms with E-state index in [1.807, 2.05) is 13.0 Å². The summed E-state index contributed by atoms with van der Waals surface area (Å²) < 4.78 is 0. The van der Waals surface area contributed by atoms with E-state index < -0.39 is 0 Å². The van der Waals surface area contributed by atoms with Gasteiger partial charge in [0.1, 0.15) is 5.78 Å². The molecule has 0 amide bonds. The molecular formula is C23H34O2. The van der Waals surface area contributed by atoms with Crippen LogP contribution in [0.2, 0.25) is 0 Å². The monoisotopic (exact) mass is 342 g/mol. The summed E-state index contributed by atoms with van der Waals surface area (Å²) in [6.45, 7) is 11.3. The highest BCUT2D eigenvalue weighted by molar-refractivity contribution is 5.91. The number of rotatable bonds is 1. The maximum atomic E-state index is 12.7. The van der Waals surface area contributed by atoms with Crippen LogP contribution in [0, 0.1) is 39.9 Å². The van der Waals surface area contributed by atoms with Gasteiger partial charge in [-0.05, 0) is 86.0 Å². The molecule has 0 radical (unpaired) electrons. The number of fused-ring (bicyclic) bond motifs is 5. The summed E-state index contributed by atoms with van der Waals surface area (Å²) in [4.78, 5) is 24.6. The van der Waals surface area contributed by atoms with E-state index in [4.69, 9.17) is 0 Å². The maximum Gasteiger partial charge on any atom is 0.155 e. The second-order valence-electron chi connectivity index (χ2n) is 10.3. The van der Waals surface area contributed by atoms with E-state index in [9.17, 15) is 9.59 Å². The number of allylic oxidation sites excluding steroid dienone is 1. The Hall–Kier alpha value is -0.920. The smallest absolute Gasteiger partial charge is 0.155 e. The summed E-state index contributed by atoms with van der Waals surface area (Å²) in [5, 5.41) is 0. The Kier molecular flexibility index (Phi) is 3.71. The SMILES string of the molecule is CC(=O)[C@]1(C)[C@H](C)C[C@H]2[C@@H]3CCC4=CC(=O)CC[C@]4(C)[C@H]3CC[C@@]21C. The molecule has 0 spiro atoms. The zero-order valence-corrected chi connectivity index (χ0v) is 16.7. The summed E-state index contributed by atoms with van der Waals surface area (Å²) in [5.74, 6) is 3.33. The largest absolute Gasteiger partial charge is 0.299 e. The highest BCUT2D eigenvalue weighted by Crippen LogP contribution is 2.71. The summed E-state index contributed by atoms with van der Waals surface area (Å²) in [6, 6.07) is 0. The molecule has 0 heterocycles. The number of ketones is 2. The van der Waals surface area contributed by atoms with Crippen molar-refractivity contribution in [2.24, 2.45) is 39.9 Å². The molecule has 3 saturated carbocycles. The van der Waals surface area contributed by atoms with E-state index in [1.165, 1.54) is 31.3 Å². The van der Waals surface area contributed by atoms with Crippen molar-refractivity contribution >= 4 is 11.6 Å². The van der Waals surface area contributed by atoms with Crippen molar-refractivity contribution in [3.63, 3.8) is 0 Å². The molecule has 25 heavy (non-hydrogen) atoms. The standard InChI is InChI=1S/C23H34O2/c1-14-12-20-18-7-6-16-13-17(25)8-10-21(16,3)19(18)9-11-22(20,4)23(14,5)15(2)24/h13-14,18-20H,6-12H2,1-5H3/t14-,18-,19+,20+,21+,22+,23+/m1/s1. The van der Waals surface area contributed by atoms with Gasteiger partial charge in [0, 0.05) is 11.8 Å². The predicted molar refractivity (Wildman–Crippen MR) is 100 cm³/mol. The quantitative estimate of drug-likeness (QED) is 0.643. The molecular weight excluding hydrogens is 308 g/mol. The zero-order valence-electron chi connectivity index (χ0n) is 16.7. The lowest BCUT2D eigenvalue weighted by atomic mass is 9.45. The normalized spacial score (nSPS) is 52.0. The summed E-state index contributed by atoms with van der Waals surface area (Å²) in [5.41, 5.74) is 1.66. The highest BCUT2D eigenvalue weighted by atomic mass is 16.1. The van der Waals surface area contributed by atoms with Crippen LogP contribution in [0.4, 0.5) is 0 Å². The van der Waals surface area contributed by atoms with E-state index >= 15 is 0 Å². The molecule has 0 aliphatic heterocycles. The third-order valence-corrected chi connectivity index (χ3v) is 9.86. The van der Waals surface area contributed by atoms with Crippen molar-refractivity contribution < 1.29 is 9.59 Å². The summed E-state index contributed by atoms with van der Waals surface area (Å²) >= 11 is 0. The molecule has 7 atom stereocenters. The number of Topliss-reactive ketones (excluding diaryl/α,β-unsaturated/α-hetero) is 1. The first-order chi connectivity index (χ1) is 11.6. The molecule has 4 rings (SSSR count). The van der Waals surface area contributed by atoms with Crippen molar-refractivity contribution in [2.45, 2.75) is 79.6 Å². The topological polar surface area (TPSA) is 34.1 Å². The first-order valence-electron chi connectivity index (χ1n) is 10.4. The van der Waals surface area contributed by atoms with E-state index in [0.29, 0.717) is 29.3 Å². The molecule has 0 aromatic carbocycles. The Labute approximate surface area is 152 Å². The van der Waals surface area contributed by atoms with Crippen LogP contribution >= 0.6 is 0 Å². The molecule has 2 heteroatoms. The molecule has 0 unspecified atom stereocenters. The minimum absolute atomic E-state index is 0.154. The zero-order chi connectivity index (χ0) is 18.2. The summed E-state index contributed by atoms with van der Waals surface area (Å²) in [7, 11) is 0. The lowest BCUT2D eigenvalue weighted by Gasteiger charge is -2.59. The second-order valence-corrected chi connectivity index (χ2v) is 10.3. The molecule has 0 aromatic heterocycles. The Morgan fingerprint density at radius 1 is 1.08 bits per heavy atom. The van der Waals surface area contributed by atoms with Crippen molar-refractivity contribution in [1.82, 2.24) is 0 Å². The minimum atomic E-state index is -0.164. The van der Waals surface area contributed by atoms with Crippen molar-refractivity contribution in [1.29, 1.82) is 0 Å². The molecule has 4 aliphatic carbocycles. The minimum Gasteiger partial charge on any atom is -0.299 e. The average molecular weight is 343 g/mol. The van der Waals surface area contributed by atoms with Gasteiger partial charge in [-0.1, -0.05) is 33.3 Å². The van der Waals surface area contributed by atoms with E-state index in [1.54, 1.807) is 0 Å². The lowest BCUT2D eigenvalue weighted by Crippen LogP contribution is -2.53. The number of carbonyl (C=O) groups excluding carboxylic acids is 2. The molecule has 0 bridgehead atoms. The van der Waals surface area contributed by atoms with Crippen LogP contribution in [0.15, 0.2) is 11.6 Å². The van der Waals surface area contributed by atoms with Gasteiger partial charge in [-0.3, -0.25) is 9.59 Å². The van der Waals surface area contributed by atoms with Crippen molar-refractivity contribution in [3.05, 3.63) is 11.6 Å². The molecule has 138 valence electrons. The molecule has 4 aliphatic rings. The second kappa shape index (κ2) is 5.30. The Bertz CT molecular complexity index is 661. The van der Waals surface area contributed by atoms with Crippen LogP contribution in [-0.4, -0.2) is 11.6 Å². The van der Waals surface area contributed by atoms with Crippen molar-refractivity contribution in [2.75, 3.05) is 0 Å². The Morgan fingerprint density at radius 2 is 1.80 bits per heavy atom. The van der Waals surface area contributed by atoms with Crippen LogP contribution < -0.4 is 0 Å². The van der Waals surface area contributed by atoms with Gasteiger partial charge in [-0.15, -0.1) is 0 Å². The van der Waals surface area contributed by atoms with E-state index in [2.05, 4.69) is 27.7 Å². The van der Waals surface area contributed by atoms with Crippen LogP contribution in [-0.2, 0) is 9.59 Å². The third kappa shape index (κ3) is 2.03.